The SMILES string of the molecule is Cc1cccc(Oc2ccc(C(=O)NS(C)(=O)=O)cc2Cl)c1. The molecule has 0 saturated heterocycles. The number of carbonyl (C=O) groups excluding carboxylic acids is 1. The Balaban J connectivity index is 2.21. The molecule has 1 N–H and O–H groups in total. The van der Waals surface area contributed by atoms with Gasteiger partial charge in [-0.3, -0.25) is 4.79 Å². The molecule has 0 aliphatic heterocycles. The number of rotatable bonds is 4. The van der Waals surface area contributed by atoms with Crippen LogP contribution in [0.25, 0.3) is 0 Å². The van der Waals surface area contributed by atoms with Crippen molar-refractivity contribution in [3.63, 3.8) is 0 Å². The summed E-state index contributed by atoms with van der Waals surface area (Å²) >= 11 is 6.08. The first-order valence-electron chi connectivity index (χ1n) is 6.31. The third kappa shape index (κ3) is 4.47. The maximum absolute atomic E-state index is 11.7. The Labute approximate surface area is 133 Å². The first-order chi connectivity index (χ1) is 10.2. The molecule has 22 heavy (non-hydrogen) atoms. The smallest absolute Gasteiger partial charge is 0.264 e. The zero-order valence-corrected chi connectivity index (χ0v) is 13.5. The van der Waals surface area contributed by atoms with E-state index in [2.05, 4.69) is 0 Å². The summed E-state index contributed by atoms with van der Waals surface area (Å²) in [5, 5.41) is 0.211. The number of benzene rings is 2. The fourth-order valence-corrected chi connectivity index (χ4v) is 2.43. The largest absolute Gasteiger partial charge is 0.456 e. The Bertz CT molecular complexity index is 818. The van der Waals surface area contributed by atoms with Crippen LogP contribution in [0.2, 0.25) is 5.02 Å². The van der Waals surface area contributed by atoms with Gasteiger partial charge >= 0.3 is 0 Å². The highest BCUT2D eigenvalue weighted by Gasteiger charge is 2.13. The first-order valence-corrected chi connectivity index (χ1v) is 8.58. The predicted octanol–water partition coefficient (Wildman–Crippen LogP) is 3.13. The zero-order chi connectivity index (χ0) is 16.3. The van der Waals surface area contributed by atoms with E-state index in [9.17, 15) is 13.2 Å². The van der Waals surface area contributed by atoms with E-state index in [1.165, 1.54) is 18.2 Å². The fourth-order valence-electron chi connectivity index (χ4n) is 1.76. The molecule has 0 spiro atoms. The van der Waals surface area contributed by atoms with Crippen LogP contribution in [-0.4, -0.2) is 20.6 Å². The van der Waals surface area contributed by atoms with E-state index in [0.29, 0.717) is 11.5 Å². The van der Waals surface area contributed by atoms with Crippen LogP contribution in [-0.2, 0) is 10.0 Å². The lowest BCUT2D eigenvalue weighted by Gasteiger charge is -2.09. The van der Waals surface area contributed by atoms with Crippen molar-refractivity contribution in [3.05, 3.63) is 58.6 Å². The Morgan fingerprint density at radius 2 is 1.91 bits per heavy atom. The molecule has 2 aromatic rings. The second-order valence-electron chi connectivity index (χ2n) is 4.77. The van der Waals surface area contributed by atoms with Crippen molar-refractivity contribution >= 4 is 27.5 Å². The summed E-state index contributed by atoms with van der Waals surface area (Å²) in [6, 6.07) is 11.7. The van der Waals surface area contributed by atoms with Crippen LogP contribution in [0.1, 0.15) is 15.9 Å². The molecule has 2 rings (SSSR count). The van der Waals surface area contributed by atoms with Crippen LogP contribution < -0.4 is 9.46 Å². The number of hydrogen-bond acceptors (Lipinski definition) is 4. The first kappa shape index (κ1) is 16.3. The molecule has 0 bridgehead atoms. The molecule has 0 heterocycles. The third-order valence-electron chi connectivity index (χ3n) is 2.69. The molecule has 0 aliphatic carbocycles. The topological polar surface area (TPSA) is 72.5 Å². The number of ether oxygens (including phenoxy) is 1. The molecular formula is C15H14ClNO4S. The lowest BCUT2D eigenvalue weighted by molar-refractivity contribution is 0.0981. The van der Waals surface area contributed by atoms with Gasteiger partial charge in [-0.2, -0.15) is 0 Å². The van der Waals surface area contributed by atoms with Crippen molar-refractivity contribution in [2.45, 2.75) is 6.92 Å². The third-order valence-corrected chi connectivity index (χ3v) is 3.54. The second-order valence-corrected chi connectivity index (χ2v) is 6.92. The van der Waals surface area contributed by atoms with Crippen LogP contribution in [0.5, 0.6) is 11.5 Å². The summed E-state index contributed by atoms with van der Waals surface area (Å²) in [6.45, 7) is 1.94. The molecule has 0 aromatic heterocycles. The molecule has 0 aliphatic rings. The van der Waals surface area contributed by atoms with Gasteiger partial charge < -0.3 is 4.74 Å². The van der Waals surface area contributed by atoms with Gasteiger partial charge in [-0.1, -0.05) is 23.7 Å². The highest BCUT2D eigenvalue weighted by atomic mass is 35.5. The van der Waals surface area contributed by atoms with Gasteiger partial charge in [-0.05, 0) is 42.8 Å². The van der Waals surface area contributed by atoms with E-state index in [4.69, 9.17) is 16.3 Å². The molecule has 0 fully saturated rings. The molecule has 0 unspecified atom stereocenters. The van der Waals surface area contributed by atoms with E-state index in [1.54, 1.807) is 6.07 Å². The number of amides is 1. The lowest BCUT2D eigenvalue weighted by Crippen LogP contribution is -2.29. The van der Waals surface area contributed by atoms with Crippen LogP contribution in [0, 0.1) is 6.92 Å². The number of nitrogens with one attached hydrogen (secondary N) is 1. The van der Waals surface area contributed by atoms with Gasteiger partial charge in [0.25, 0.3) is 5.91 Å². The van der Waals surface area contributed by atoms with Crippen LogP contribution in [0.4, 0.5) is 0 Å². The average molecular weight is 340 g/mol. The van der Waals surface area contributed by atoms with Gasteiger partial charge in [0.1, 0.15) is 11.5 Å². The minimum Gasteiger partial charge on any atom is -0.456 e. The van der Waals surface area contributed by atoms with Gasteiger partial charge in [0.05, 0.1) is 11.3 Å². The van der Waals surface area contributed by atoms with Gasteiger partial charge in [0.2, 0.25) is 10.0 Å². The van der Waals surface area contributed by atoms with Crippen LogP contribution in [0.3, 0.4) is 0 Å². The monoisotopic (exact) mass is 339 g/mol. The summed E-state index contributed by atoms with van der Waals surface area (Å²) in [6.07, 6.45) is 0.904. The molecular weight excluding hydrogens is 326 g/mol. The van der Waals surface area contributed by atoms with Crippen molar-refractivity contribution in [3.8, 4) is 11.5 Å². The number of sulfonamides is 1. The molecule has 2 aromatic carbocycles. The van der Waals surface area contributed by atoms with Crippen molar-refractivity contribution in [2.24, 2.45) is 0 Å². The summed E-state index contributed by atoms with van der Waals surface area (Å²) in [5.41, 5.74) is 1.17. The molecule has 116 valence electrons. The Kier molecular flexibility index (Phi) is 4.73. The van der Waals surface area contributed by atoms with E-state index >= 15 is 0 Å². The van der Waals surface area contributed by atoms with Crippen molar-refractivity contribution in [1.29, 1.82) is 0 Å². The molecule has 0 radical (unpaired) electrons. The Morgan fingerprint density at radius 1 is 1.18 bits per heavy atom. The average Bonchev–Trinajstić information content (AvgIpc) is 2.39. The minimum absolute atomic E-state index is 0.131. The molecule has 7 heteroatoms. The Hall–Kier alpha value is -2.05. The normalized spacial score (nSPS) is 11.0. The Morgan fingerprint density at radius 3 is 2.50 bits per heavy atom. The maximum atomic E-state index is 11.7. The van der Waals surface area contributed by atoms with E-state index in [1.807, 2.05) is 29.8 Å². The van der Waals surface area contributed by atoms with E-state index in [0.717, 1.165) is 11.8 Å². The molecule has 0 saturated carbocycles. The van der Waals surface area contributed by atoms with E-state index < -0.39 is 15.9 Å². The minimum atomic E-state index is -3.62. The number of hydrogen-bond donors (Lipinski definition) is 1. The summed E-state index contributed by atoms with van der Waals surface area (Å²) < 4.78 is 29.6. The number of aryl methyl sites for hydroxylation is 1. The number of carbonyl (C=O) groups is 1. The van der Waals surface area contributed by atoms with Crippen molar-refractivity contribution in [2.75, 3.05) is 6.26 Å². The van der Waals surface area contributed by atoms with Gasteiger partial charge in [-0.15, -0.1) is 0 Å². The molecule has 0 atom stereocenters. The molecule has 1 amide bonds. The van der Waals surface area contributed by atoms with E-state index in [-0.39, 0.29) is 10.6 Å². The summed E-state index contributed by atoms with van der Waals surface area (Å²) in [7, 11) is -3.62. The highest BCUT2D eigenvalue weighted by molar-refractivity contribution is 7.89. The van der Waals surface area contributed by atoms with Gasteiger partial charge in [0, 0.05) is 5.56 Å². The van der Waals surface area contributed by atoms with Crippen LogP contribution in [0.15, 0.2) is 42.5 Å². The maximum Gasteiger partial charge on any atom is 0.264 e. The van der Waals surface area contributed by atoms with Gasteiger partial charge in [-0.25, -0.2) is 13.1 Å². The second kappa shape index (κ2) is 6.37. The fraction of sp³-hybridized carbons (Fsp3) is 0.133. The summed E-state index contributed by atoms with van der Waals surface area (Å²) in [5.74, 6) is 0.255. The quantitative estimate of drug-likeness (QED) is 0.928. The van der Waals surface area contributed by atoms with Gasteiger partial charge in [0.15, 0.2) is 0 Å². The highest BCUT2D eigenvalue weighted by Crippen LogP contribution is 2.30. The summed E-state index contributed by atoms with van der Waals surface area (Å²) in [4.78, 5) is 11.7. The zero-order valence-electron chi connectivity index (χ0n) is 12.0. The standard InChI is InChI=1S/C15H14ClNO4S/c1-10-4-3-5-12(8-10)21-14-7-6-11(9-13(14)16)15(18)17-22(2,19)20/h3-9H,1-2H3,(H,17,18). The van der Waals surface area contributed by atoms with Crippen molar-refractivity contribution in [1.82, 2.24) is 4.72 Å². The predicted molar refractivity (Wildman–Crippen MR) is 85.0 cm³/mol. The number of halogens is 1. The van der Waals surface area contributed by atoms with Crippen LogP contribution >= 0.6 is 11.6 Å². The molecule has 5 nitrogen and oxygen atoms in total. The lowest BCUT2D eigenvalue weighted by atomic mass is 10.2. The van der Waals surface area contributed by atoms with Crippen molar-refractivity contribution < 1.29 is 17.9 Å².